The van der Waals surface area contributed by atoms with E-state index in [1.165, 1.54) is 0 Å². The number of aryl methyl sites for hydroxylation is 3. The molecule has 0 aliphatic rings. The maximum absolute atomic E-state index is 5.46. The lowest BCUT2D eigenvalue weighted by Crippen LogP contribution is -2.29. The van der Waals surface area contributed by atoms with Gasteiger partial charge >= 0.3 is 0 Å². The molecule has 15 heavy (non-hydrogen) atoms. The second kappa shape index (κ2) is 3.77. The van der Waals surface area contributed by atoms with Crippen molar-refractivity contribution in [3.63, 3.8) is 0 Å². The number of imidazole rings is 1. The van der Waals surface area contributed by atoms with Crippen LogP contribution in [0.3, 0.4) is 0 Å². The minimum Gasteiger partial charge on any atom is -0.462 e. The van der Waals surface area contributed by atoms with Crippen LogP contribution in [0.15, 0.2) is 28.9 Å². The highest BCUT2D eigenvalue weighted by Crippen LogP contribution is 2.09. The van der Waals surface area contributed by atoms with Crippen LogP contribution in [0.1, 0.15) is 17.3 Å². The molecule has 2 rings (SSSR count). The lowest BCUT2D eigenvalue weighted by atomic mass is 10.4. The summed E-state index contributed by atoms with van der Waals surface area (Å²) in [5, 5.41) is 0. The van der Waals surface area contributed by atoms with Gasteiger partial charge in [0.15, 0.2) is 0 Å². The highest BCUT2D eigenvalue weighted by molar-refractivity contribution is 5.62. The Morgan fingerprint density at radius 2 is 2.13 bits per heavy atom. The summed E-state index contributed by atoms with van der Waals surface area (Å²) >= 11 is 0. The van der Waals surface area contributed by atoms with Crippen molar-refractivity contribution in [3.05, 3.63) is 41.9 Å². The second-order valence-electron chi connectivity index (χ2n) is 3.66. The molecule has 0 saturated carbocycles. The van der Waals surface area contributed by atoms with Gasteiger partial charge in [0.2, 0.25) is 0 Å². The van der Waals surface area contributed by atoms with Crippen molar-refractivity contribution in [1.82, 2.24) is 4.57 Å². The maximum Gasteiger partial charge on any atom is 0.281 e. The summed E-state index contributed by atoms with van der Waals surface area (Å²) in [5.41, 5.74) is 0. The Kier molecular flexibility index (Phi) is 2.46. The molecular formula is C12H15N2O+. The molecule has 2 heterocycles. The predicted octanol–water partition coefficient (Wildman–Crippen LogP) is 1.92. The zero-order chi connectivity index (χ0) is 10.8. The van der Waals surface area contributed by atoms with E-state index in [0.717, 1.165) is 17.3 Å². The number of hydrogen-bond acceptors (Lipinski definition) is 1. The van der Waals surface area contributed by atoms with E-state index in [-0.39, 0.29) is 0 Å². The number of furan rings is 1. The minimum atomic E-state index is 0.883. The van der Waals surface area contributed by atoms with Crippen molar-refractivity contribution >= 4 is 12.2 Å². The molecule has 0 unspecified atom stereocenters. The monoisotopic (exact) mass is 203 g/mol. The Morgan fingerprint density at radius 3 is 2.67 bits per heavy atom. The average molecular weight is 203 g/mol. The van der Waals surface area contributed by atoms with Crippen molar-refractivity contribution in [2.24, 2.45) is 14.1 Å². The summed E-state index contributed by atoms with van der Waals surface area (Å²) < 4.78 is 9.58. The fraction of sp³-hybridized carbons (Fsp3) is 0.250. The van der Waals surface area contributed by atoms with Gasteiger partial charge in [-0.05, 0) is 25.1 Å². The SMILES string of the molecule is Cc1ccc(/C=C/c2n(C)cc[n+]2C)o1. The molecule has 0 fully saturated rings. The van der Waals surface area contributed by atoms with Gasteiger partial charge in [0.1, 0.15) is 23.9 Å². The molecule has 0 saturated heterocycles. The normalized spacial score (nSPS) is 11.4. The molecule has 0 aliphatic heterocycles. The highest BCUT2D eigenvalue weighted by Gasteiger charge is 2.06. The maximum atomic E-state index is 5.46. The van der Waals surface area contributed by atoms with E-state index in [1.807, 2.05) is 57.7 Å². The summed E-state index contributed by atoms with van der Waals surface area (Å²) in [6.45, 7) is 1.94. The first-order chi connectivity index (χ1) is 7.16. The van der Waals surface area contributed by atoms with Crippen LogP contribution in [-0.2, 0) is 14.1 Å². The topological polar surface area (TPSA) is 21.9 Å². The Morgan fingerprint density at radius 1 is 1.33 bits per heavy atom. The second-order valence-corrected chi connectivity index (χ2v) is 3.66. The Labute approximate surface area is 89.3 Å². The third-order valence-corrected chi connectivity index (χ3v) is 2.39. The number of hydrogen-bond donors (Lipinski definition) is 0. The number of aromatic nitrogens is 2. The average Bonchev–Trinajstić information content (AvgIpc) is 2.73. The van der Waals surface area contributed by atoms with E-state index in [2.05, 4.69) is 9.13 Å². The van der Waals surface area contributed by atoms with Gasteiger partial charge in [-0.25, -0.2) is 9.13 Å². The van der Waals surface area contributed by atoms with Crippen molar-refractivity contribution < 1.29 is 8.98 Å². The zero-order valence-corrected chi connectivity index (χ0v) is 9.27. The third-order valence-electron chi connectivity index (χ3n) is 2.39. The van der Waals surface area contributed by atoms with Gasteiger partial charge in [0, 0.05) is 6.08 Å². The predicted molar refractivity (Wildman–Crippen MR) is 59.0 cm³/mol. The summed E-state index contributed by atoms with van der Waals surface area (Å²) in [6.07, 6.45) is 8.06. The van der Waals surface area contributed by atoms with Gasteiger partial charge in [-0.15, -0.1) is 0 Å². The van der Waals surface area contributed by atoms with Gasteiger partial charge in [0.25, 0.3) is 5.82 Å². The van der Waals surface area contributed by atoms with E-state index >= 15 is 0 Å². The van der Waals surface area contributed by atoms with Crippen molar-refractivity contribution in [2.75, 3.05) is 0 Å². The lowest BCUT2D eigenvalue weighted by molar-refractivity contribution is -0.672. The molecule has 78 valence electrons. The molecule has 3 heteroatoms. The largest absolute Gasteiger partial charge is 0.462 e. The first kappa shape index (κ1) is 9.77. The van der Waals surface area contributed by atoms with Gasteiger partial charge in [0.05, 0.1) is 14.1 Å². The van der Waals surface area contributed by atoms with Gasteiger partial charge in [-0.2, -0.15) is 0 Å². The smallest absolute Gasteiger partial charge is 0.281 e. The Hall–Kier alpha value is -1.77. The summed E-state index contributed by atoms with van der Waals surface area (Å²) in [5.74, 6) is 2.95. The summed E-state index contributed by atoms with van der Waals surface area (Å²) in [7, 11) is 4.04. The standard InChI is InChI=1S/C12H15N2O/c1-10-4-5-11(15-10)6-7-12-13(2)8-9-14(12)3/h4-9H,1-3H3/q+1/b7-6+. The molecule has 2 aromatic heterocycles. The molecule has 0 amide bonds. The molecule has 3 nitrogen and oxygen atoms in total. The first-order valence-corrected chi connectivity index (χ1v) is 4.92. The number of rotatable bonds is 2. The van der Waals surface area contributed by atoms with Crippen LogP contribution in [0.4, 0.5) is 0 Å². The van der Waals surface area contributed by atoms with Crippen LogP contribution in [-0.4, -0.2) is 4.57 Å². The fourth-order valence-corrected chi connectivity index (χ4v) is 1.54. The first-order valence-electron chi connectivity index (χ1n) is 4.92. The van der Waals surface area contributed by atoms with Crippen molar-refractivity contribution in [1.29, 1.82) is 0 Å². The third kappa shape index (κ3) is 2.01. The molecule has 0 aromatic carbocycles. The van der Waals surface area contributed by atoms with E-state index in [9.17, 15) is 0 Å². The van der Waals surface area contributed by atoms with Crippen molar-refractivity contribution in [2.45, 2.75) is 6.92 Å². The van der Waals surface area contributed by atoms with E-state index < -0.39 is 0 Å². The summed E-state index contributed by atoms with van der Waals surface area (Å²) in [6, 6.07) is 3.93. The van der Waals surface area contributed by atoms with Crippen LogP contribution >= 0.6 is 0 Å². The molecule has 0 bridgehead atoms. The molecule has 0 aliphatic carbocycles. The molecule has 0 atom stereocenters. The van der Waals surface area contributed by atoms with Gasteiger partial charge < -0.3 is 4.42 Å². The number of nitrogens with zero attached hydrogens (tertiary/aromatic N) is 2. The van der Waals surface area contributed by atoms with E-state index in [4.69, 9.17) is 4.42 Å². The van der Waals surface area contributed by atoms with E-state index in [1.54, 1.807) is 0 Å². The van der Waals surface area contributed by atoms with E-state index in [0.29, 0.717) is 0 Å². The minimum absolute atomic E-state index is 0.883. The van der Waals surface area contributed by atoms with Crippen LogP contribution in [0.2, 0.25) is 0 Å². The Balaban J connectivity index is 2.25. The van der Waals surface area contributed by atoms with Crippen LogP contribution in [0.5, 0.6) is 0 Å². The lowest BCUT2D eigenvalue weighted by Gasteiger charge is -1.90. The molecule has 0 radical (unpaired) electrons. The van der Waals surface area contributed by atoms with Gasteiger partial charge in [-0.3, -0.25) is 0 Å². The van der Waals surface area contributed by atoms with Gasteiger partial charge in [-0.1, -0.05) is 0 Å². The summed E-state index contributed by atoms with van der Waals surface area (Å²) in [4.78, 5) is 0. The molecule has 2 aromatic rings. The van der Waals surface area contributed by atoms with Crippen LogP contribution in [0, 0.1) is 6.92 Å². The Bertz CT molecular complexity index is 472. The molecular weight excluding hydrogens is 188 g/mol. The van der Waals surface area contributed by atoms with Crippen LogP contribution < -0.4 is 4.57 Å². The quantitative estimate of drug-likeness (QED) is 0.683. The van der Waals surface area contributed by atoms with Crippen LogP contribution in [0.25, 0.3) is 12.2 Å². The van der Waals surface area contributed by atoms with Crippen molar-refractivity contribution in [3.8, 4) is 0 Å². The fourth-order valence-electron chi connectivity index (χ4n) is 1.54. The molecule has 0 spiro atoms. The zero-order valence-electron chi connectivity index (χ0n) is 9.27. The highest BCUT2D eigenvalue weighted by atomic mass is 16.3. The molecule has 0 N–H and O–H groups in total.